The number of amides is 2. The molecule has 0 rings (SSSR count). The molecule has 0 aromatic heterocycles. The van der Waals surface area contributed by atoms with Gasteiger partial charge >= 0.3 is 11.8 Å². The average molecular weight is 601 g/mol. The molecular weight excluding hydrogens is 533 g/mol. The van der Waals surface area contributed by atoms with Gasteiger partial charge < -0.3 is 0 Å². The van der Waals surface area contributed by atoms with Crippen LogP contribution in [-0.2, 0) is 9.59 Å². The van der Waals surface area contributed by atoms with Crippen LogP contribution in [0.15, 0.2) is 0 Å². The highest BCUT2D eigenvalue weighted by Crippen LogP contribution is 2.15. The number of rotatable bonds is 30. The molecule has 0 saturated carbocycles. The molecule has 238 valence electrons. The number of hydrogen-bond acceptors (Lipinski definition) is 4. The van der Waals surface area contributed by atoms with Crippen LogP contribution >= 0.6 is 25.6 Å². The van der Waals surface area contributed by atoms with Gasteiger partial charge in [-0.15, -0.1) is 0 Å². The zero-order valence-corrected chi connectivity index (χ0v) is 28.6. The predicted molar refractivity (Wildman–Crippen MR) is 182 cm³/mol. The van der Waals surface area contributed by atoms with E-state index in [4.69, 9.17) is 0 Å². The van der Waals surface area contributed by atoms with E-state index in [9.17, 15) is 9.59 Å². The summed E-state index contributed by atoms with van der Waals surface area (Å²) in [6.45, 7) is 5.58. The molecule has 0 unspecified atom stereocenters. The maximum atomic E-state index is 12.4. The molecule has 0 heterocycles. The molecular formula is C34H68N2O2S2. The van der Waals surface area contributed by atoms with Gasteiger partial charge in [0.1, 0.15) is 0 Å². The van der Waals surface area contributed by atoms with Crippen LogP contribution in [-0.4, -0.2) is 33.5 Å². The Morgan fingerprint density at radius 3 is 0.725 bits per heavy atom. The van der Waals surface area contributed by atoms with Gasteiger partial charge in [0.15, 0.2) is 0 Å². The highest BCUT2D eigenvalue weighted by molar-refractivity contribution is 7.79. The normalized spacial score (nSPS) is 11.2. The van der Waals surface area contributed by atoms with E-state index in [-0.39, 0.29) is 0 Å². The number of thiol groups is 2. The first-order valence-corrected chi connectivity index (χ1v) is 18.4. The van der Waals surface area contributed by atoms with E-state index in [1.165, 1.54) is 163 Å². The highest BCUT2D eigenvalue weighted by atomic mass is 32.1. The Balaban J connectivity index is 3.55. The summed E-state index contributed by atoms with van der Waals surface area (Å²) in [6, 6.07) is 0. The van der Waals surface area contributed by atoms with Gasteiger partial charge in [-0.05, 0) is 12.8 Å². The van der Waals surface area contributed by atoms with Crippen molar-refractivity contribution in [1.82, 2.24) is 8.61 Å². The number of carbonyl (C=O) groups excluding carboxylic acids is 2. The molecule has 0 aliphatic rings. The molecule has 0 N–H and O–H groups in total. The van der Waals surface area contributed by atoms with Gasteiger partial charge in [-0.1, -0.05) is 206 Å². The molecule has 0 bridgehead atoms. The first-order chi connectivity index (χ1) is 19.5. The van der Waals surface area contributed by atoms with Gasteiger partial charge in [0.2, 0.25) is 0 Å². The van der Waals surface area contributed by atoms with Crippen molar-refractivity contribution in [2.75, 3.05) is 13.1 Å². The summed E-state index contributed by atoms with van der Waals surface area (Å²) in [4.78, 5) is 24.8. The van der Waals surface area contributed by atoms with Gasteiger partial charge in [0, 0.05) is 13.1 Å². The minimum Gasteiger partial charge on any atom is -0.281 e. The summed E-state index contributed by atoms with van der Waals surface area (Å²) in [5, 5.41) is 0. The van der Waals surface area contributed by atoms with Gasteiger partial charge in [0.05, 0.1) is 0 Å². The summed E-state index contributed by atoms with van der Waals surface area (Å²) in [5.74, 6) is -1.11. The van der Waals surface area contributed by atoms with Gasteiger partial charge in [-0.25, -0.2) is 0 Å². The maximum Gasteiger partial charge on any atom is 0.322 e. The van der Waals surface area contributed by atoms with E-state index < -0.39 is 11.8 Å². The minimum absolute atomic E-state index is 0.520. The summed E-state index contributed by atoms with van der Waals surface area (Å²) < 4.78 is 2.55. The van der Waals surface area contributed by atoms with E-state index in [0.29, 0.717) is 13.1 Å². The predicted octanol–water partition coefficient (Wildman–Crippen LogP) is 11.3. The summed E-state index contributed by atoms with van der Waals surface area (Å²) in [5.41, 5.74) is 0. The Labute approximate surface area is 261 Å². The highest BCUT2D eigenvalue weighted by Gasteiger charge is 2.23. The standard InChI is InChI=1S/C34H68N2O2S2/c1-3-5-7-9-11-13-15-17-19-21-23-25-27-29-31-35(39)33(37)34(38)36(40)32-30-28-26-24-22-20-18-16-14-12-10-8-6-4-2/h39-40H,3-32H2,1-2H3. The zero-order chi connectivity index (χ0) is 29.5. The quantitative estimate of drug-likeness (QED) is 0.0489. The van der Waals surface area contributed by atoms with Crippen LogP contribution in [0.25, 0.3) is 0 Å². The second kappa shape index (κ2) is 31.6. The molecule has 0 saturated heterocycles. The molecule has 0 fully saturated rings. The smallest absolute Gasteiger partial charge is 0.281 e. The van der Waals surface area contributed by atoms with Crippen molar-refractivity contribution < 1.29 is 9.59 Å². The molecule has 0 atom stereocenters. The minimum atomic E-state index is -0.557. The molecule has 2 amide bonds. The van der Waals surface area contributed by atoms with Crippen LogP contribution in [0, 0.1) is 0 Å². The Kier molecular flexibility index (Phi) is 31.3. The zero-order valence-electron chi connectivity index (χ0n) is 26.8. The number of nitrogens with zero attached hydrogens (tertiary/aromatic N) is 2. The molecule has 0 aromatic carbocycles. The Hall–Kier alpha value is -0.360. The lowest BCUT2D eigenvalue weighted by Gasteiger charge is -2.19. The van der Waals surface area contributed by atoms with E-state index >= 15 is 0 Å². The largest absolute Gasteiger partial charge is 0.322 e. The topological polar surface area (TPSA) is 40.6 Å². The van der Waals surface area contributed by atoms with Gasteiger partial charge in [-0.2, -0.15) is 0 Å². The van der Waals surface area contributed by atoms with Gasteiger partial charge in [-0.3, -0.25) is 18.2 Å². The maximum absolute atomic E-state index is 12.4. The summed E-state index contributed by atoms with van der Waals surface area (Å²) in [7, 11) is 0. The molecule has 6 heteroatoms. The monoisotopic (exact) mass is 600 g/mol. The third-order valence-electron chi connectivity index (χ3n) is 8.10. The van der Waals surface area contributed by atoms with Crippen molar-refractivity contribution in [3.63, 3.8) is 0 Å². The third kappa shape index (κ3) is 26.5. The first-order valence-electron chi connectivity index (χ1n) is 17.6. The van der Waals surface area contributed by atoms with Crippen molar-refractivity contribution in [2.45, 2.75) is 194 Å². The van der Waals surface area contributed by atoms with E-state index in [0.717, 1.165) is 25.7 Å². The first kappa shape index (κ1) is 39.6. The summed E-state index contributed by atoms with van der Waals surface area (Å²) >= 11 is 8.55. The molecule has 0 spiro atoms. The van der Waals surface area contributed by atoms with E-state index in [1.807, 2.05) is 0 Å². The third-order valence-corrected chi connectivity index (χ3v) is 8.86. The lowest BCUT2D eigenvalue weighted by molar-refractivity contribution is -0.145. The van der Waals surface area contributed by atoms with Crippen LogP contribution in [0.2, 0.25) is 0 Å². The van der Waals surface area contributed by atoms with Crippen molar-refractivity contribution in [3.8, 4) is 0 Å². The number of unbranched alkanes of at least 4 members (excludes halogenated alkanes) is 26. The van der Waals surface area contributed by atoms with Gasteiger partial charge in [0.25, 0.3) is 0 Å². The molecule has 0 aliphatic carbocycles. The Morgan fingerprint density at radius 2 is 0.525 bits per heavy atom. The Bertz CT molecular complexity index is 514. The molecule has 4 nitrogen and oxygen atoms in total. The lowest BCUT2D eigenvalue weighted by atomic mass is 10.0. The van der Waals surface area contributed by atoms with Crippen molar-refractivity contribution in [2.24, 2.45) is 0 Å². The van der Waals surface area contributed by atoms with Crippen LogP contribution in [0.3, 0.4) is 0 Å². The van der Waals surface area contributed by atoms with Crippen molar-refractivity contribution in [1.29, 1.82) is 0 Å². The van der Waals surface area contributed by atoms with Crippen LogP contribution < -0.4 is 0 Å². The Morgan fingerprint density at radius 1 is 0.350 bits per heavy atom. The molecule has 40 heavy (non-hydrogen) atoms. The second-order valence-corrected chi connectivity index (χ2v) is 13.0. The van der Waals surface area contributed by atoms with E-state index in [1.54, 1.807) is 0 Å². The summed E-state index contributed by atoms with van der Waals surface area (Å²) in [6.07, 6.45) is 36.4. The number of hydrogen-bond donors (Lipinski definition) is 2. The fourth-order valence-corrected chi connectivity index (χ4v) is 5.79. The van der Waals surface area contributed by atoms with E-state index in [2.05, 4.69) is 39.5 Å². The fourth-order valence-electron chi connectivity index (χ4n) is 5.34. The van der Waals surface area contributed by atoms with Crippen LogP contribution in [0.1, 0.15) is 194 Å². The van der Waals surface area contributed by atoms with Crippen LogP contribution in [0.4, 0.5) is 0 Å². The number of carbonyl (C=O) groups is 2. The molecule has 0 radical (unpaired) electrons. The van der Waals surface area contributed by atoms with Crippen molar-refractivity contribution in [3.05, 3.63) is 0 Å². The second-order valence-electron chi connectivity index (χ2n) is 12.0. The lowest BCUT2D eigenvalue weighted by Crippen LogP contribution is -2.38. The SMILES string of the molecule is CCCCCCCCCCCCCCCCN(S)C(=O)C(=O)N(S)CCCCCCCCCCCCCCCC. The van der Waals surface area contributed by atoms with Crippen molar-refractivity contribution >= 4 is 37.4 Å². The fraction of sp³-hybridized carbons (Fsp3) is 0.941. The average Bonchev–Trinajstić information content (AvgIpc) is 2.96. The molecule has 0 aliphatic heterocycles. The van der Waals surface area contributed by atoms with Crippen LogP contribution in [0.5, 0.6) is 0 Å². The molecule has 0 aromatic rings.